The highest BCUT2D eigenvalue weighted by molar-refractivity contribution is 8.00. The van der Waals surface area contributed by atoms with Crippen molar-refractivity contribution in [1.82, 2.24) is 0 Å². The van der Waals surface area contributed by atoms with Crippen LogP contribution in [-0.2, 0) is 19.1 Å². The van der Waals surface area contributed by atoms with Crippen molar-refractivity contribution in [1.29, 1.82) is 0 Å². The highest BCUT2D eigenvalue weighted by Crippen LogP contribution is 2.38. The van der Waals surface area contributed by atoms with Crippen LogP contribution in [0.1, 0.15) is 51.5 Å². The van der Waals surface area contributed by atoms with Gasteiger partial charge in [0, 0.05) is 43.0 Å². The van der Waals surface area contributed by atoms with Crippen LogP contribution >= 0.6 is 0 Å². The second-order valence-electron chi connectivity index (χ2n) is 9.49. The van der Waals surface area contributed by atoms with Crippen molar-refractivity contribution in [3.63, 3.8) is 0 Å². The maximum atomic E-state index is 13.0. The number of rotatable bonds is 4. The van der Waals surface area contributed by atoms with Crippen molar-refractivity contribution in [2.45, 2.75) is 64.1 Å². The number of anilines is 2. The lowest BCUT2D eigenvalue weighted by atomic mass is 9.96. The van der Waals surface area contributed by atoms with Gasteiger partial charge in [0.2, 0.25) is 5.91 Å². The summed E-state index contributed by atoms with van der Waals surface area (Å²) < 4.78 is 17.8. The molecule has 8 nitrogen and oxygen atoms in total. The Morgan fingerprint density at radius 1 is 1.21 bits per heavy atom. The molecule has 184 valence electrons. The van der Waals surface area contributed by atoms with Gasteiger partial charge in [-0.25, -0.2) is 4.79 Å². The van der Waals surface area contributed by atoms with Crippen molar-refractivity contribution in [3.05, 3.63) is 30.0 Å². The van der Waals surface area contributed by atoms with Gasteiger partial charge in [0.1, 0.15) is 6.10 Å². The molecule has 4 rings (SSSR count). The third-order valence-electron chi connectivity index (χ3n) is 6.88. The summed E-state index contributed by atoms with van der Waals surface area (Å²) in [5.41, 5.74) is 8.74. The highest BCUT2D eigenvalue weighted by atomic mass is 32.2. The second kappa shape index (κ2) is 9.82. The zero-order valence-corrected chi connectivity index (χ0v) is 20.8. The molecule has 0 radical (unpaired) electrons. The van der Waals surface area contributed by atoms with E-state index in [1.807, 2.05) is 25.1 Å². The summed E-state index contributed by atoms with van der Waals surface area (Å²) in [6, 6.07) is 5.52. The van der Waals surface area contributed by atoms with Crippen LogP contribution in [0.3, 0.4) is 0 Å². The third kappa shape index (κ3) is 5.14. The van der Waals surface area contributed by atoms with Crippen molar-refractivity contribution < 1.29 is 18.5 Å². The van der Waals surface area contributed by atoms with Crippen LogP contribution in [0.5, 0.6) is 0 Å². The van der Waals surface area contributed by atoms with Gasteiger partial charge >= 0.3 is 6.09 Å². The zero-order valence-electron chi connectivity index (χ0n) is 19.9. The van der Waals surface area contributed by atoms with E-state index in [9.17, 15) is 13.8 Å². The number of allylic oxidation sites excluding steroid dienone is 1. The highest BCUT2D eigenvalue weighted by Gasteiger charge is 2.36. The lowest BCUT2D eigenvalue weighted by Crippen LogP contribution is -2.52. The zero-order chi connectivity index (χ0) is 24.5. The summed E-state index contributed by atoms with van der Waals surface area (Å²) >= 11 is 0. The molecule has 1 aliphatic carbocycles. The Morgan fingerprint density at radius 3 is 2.50 bits per heavy atom. The minimum Gasteiger partial charge on any atom is -0.446 e. The fourth-order valence-corrected chi connectivity index (χ4v) is 6.26. The lowest BCUT2D eigenvalue weighted by molar-refractivity contribution is -0.117. The molecule has 34 heavy (non-hydrogen) atoms. The van der Waals surface area contributed by atoms with Gasteiger partial charge in [-0.1, -0.05) is 6.07 Å². The molecule has 1 saturated carbocycles. The predicted octanol–water partition coefficient (Wildman–Crippen LogP) is 3.19. The molecular weight excluding hydrogens is 452 g/mol. The first-order valence-corrected chi connectivity index (χ1v) is 13.9. The van der Waals surface area contributed by atoms with Crippen LogP contribution in [-0.4, -0.2) is 64.5 Å². The molecule has 0 aromatic heterocycles. The Balaban J connectivity index is 1.62. The molecule has 1 atom stereocenters. The number of carbonyl (C=O) groups is 2. The van der Waals surface area contributed by atoms with Gasteiger partial charge < -0.3 is 15.4 Å². The van der Waals surface area contributed by atoms with Crippen molar-refractivity contribution in [3.8, 4) is 0 Å². The van der Waals surface area contributed by atoms with Gasteiger partial charge in [0.05, 0.1) is 23.5 Å². The molecule has 1 saturated heterocycles. The summed E-state index contributed by atoms with van der Waals surface area (Å²) in [5, 5.41) is 0. The molecule has 1 aromatic carbocycles. The van der Waals surface area contributed by atoms with E-state index in [-0.39, 0.29) is 30.2 Å². The summed E-state index contributed by atoms with van der Waals surface area (Å²) in [7, 11) is -1.95. The molecule has 1 aromatic rings. The van der Waals surface area contributed by atoms with E-state index in [0.29, 0.717) is 35.0 Å². The summed E-state index contributed by atoms with van der Waals surface area (Å²) in [5.74, 6) is 4.91. The van der Waals surface area contributed by atoms with E-state index in [2.05, 4.69) is 10.9 Å². The summed E-state index contributed by atoms with van der Waals surface area (Å²) in [6.07, 6.45) is 7.16. The molecule has 2 amide bonds. The fraction of sp³-hybridized carbons (Fsp3) is 0.520. The molecule has 2 heterocycles. The third-order valence-corrected chi connectivity index (χ3v) is 8.84. The summed E-state index contributed by atoms with van der Waals surface area (Å²) in [4.78, 5) is 33.4. The lowest BCUT2D eigenvalue weighted by Gasteiger charge is -2.41. The second-order valence-corrected chi connectivity index (χ2v) is 12.2. The Morgan fingerprint density at radius 2 is 1.91 bits per heavy atom. The van der Waals surface area contributed by atoms with Crippen LogP contribution < -0.4 is 15.5 Å². The van der Waals surface area contributed by atoms with Gasteiger partial charge in [0.15, 0.2) is 0 Å². The number of hydrogen-bond donors (Lipinski definition) is 1. The quantitative estimate of drug-likeness (QED) is 0.520. The molecule has 3 aliphatic rings. The van der Waals surface area contributed by atoms with Crippen LogP contribution in [0, 0.1) is 0 Å². The number of benzene rings is 1. The smallest absolute Gasteiger partial charge is 0.414 e. The Kier molecular flexibility index (Phi) is 7.02. The van der Waals surface area contributed by atoms with E-state index in [4.69, 9.17) is 10.5 Å². The Bertz CT molecular complexity index is 1110. The van der Waals surface area contributed by atoms with E-state index < -0.39 is 9.52 Å². The number of nitrogens with two attached hydrogens (primary N) is 1. The number of carbonyl (C=O) groups excluding carboxylic acids is 2. The van der Waals surface area contributed by atoms with Gasteiger partial charge in [-0.05, 0) is 72.1 Å². The number of fused-ring (bicyclic) bond motifs is 1. The largest absolute Gasteiger partial charge is 0.446 e. The van der Waals surface area contributed by atoms with Crippen LogP contribution in [0.25, 0.3) is 5.57 Å². The van der Waals surface area contributed by atoms with Gasteiger partial charge in [-0.3, -0.25) is 18.9 Å². The average Bonchev–Trinajstić information content (AvgIpc) is 2.76. The van der Waals surface area contributed by atoms with Gasteiger partial charge in [-0.15, -0.1) is 0 Å². The fourth-order valence-electron chi connectivity index (χ4n) is 4.65. The molecule has 2 fully saturated rings. The summed E-state index contributed by atoms with van der Waals surface area (Å²) in [6.45, 7) is 3.81. The number of amides is 2. The SMILES string of the molecule is C=S1(=O)CCC(N=CC(=CN)c2ccc3c(c2)N(C(=O)OC2CCC2)C[C@H](C)N3C(C)=O)CC1. The monoisotopic (exact) mass is 486 g/mol. The molecule has 0 bridgehead atoms. The van der Waals surface area contributed by atoms with Crippen LogP contribution in [0.15, 0.2) is 29.4 Å². The molecule has 0 spiro atoms. The van der Waals surface area contributed by atoms with Crippen molar-refractivity contribution in [2.75, 3.05) is 27.9 Å². The normalized spacial score (nSPS) is 27.9. The standard InChI is InChI=1S/C25H34N4O4S/c1-17-16-28(25(31)33-22-5-4-6-22)24-13-19(7-8-23(24)29(17)18(2)30)20(14-26)15-27-21-9-11-34(3,32)12-10-21/h7-8,13-15,17,21-22H,3-6,9-12,16,26H2,1-2H3/t17-,21?,34?/m0/s1. The first-order chi connectivity index (χ1) is 16.2. The predicted molar refractivity (Wildman–Crippen MR) is 139 cm³/mol. The van der Waals surface area contributed by atoms with Gasteiger partial charge in [0.25, 0.3) is 0 Å². The molecule has 2 aliphatic heterocycles. The van der Waals surface area contributed by atoms with E-state index in [0.717, 1.165) is 37.7 Å². The maximum absolute atomic E-state index is 13.0. The molecule has 9 heteroatoms. The Labute approximate surface area is 201 Å². The van der Waals surface area contributed by atoms with Crippen LogP contribution in [0.4, 0.5) is 16.2 Å². The number of nitrogens with zero attached hydrogens (tertiary/aromatic N) is 3. The number of aliphatic imine (C=N–C) groups is 1. The minimum absolute atomic E-state index is 0.0320. The first kappa shape index (κ1) is 24.3. The maximum Gasteiger partial charge on any atom is 0.414 e. The molecule has 2 N–H and O–H groups in total. The van der Waals surface area contributed by atoms with E-state index >= 15 is 0 Å². The van der Waals surface area contributed by atoms with E-state index in [1.54, 1.807) is 16.0 Å². The van der Waals surface area contributed by atoms with Crippen molar-refractivity contribution >= 4 is 50.6 Å². The number of hydrogen-bond acceptors (Lipinski definition) is 6. The Hall–Kier alpha value is -2.81. The number of ether oxygens (including phenoxy) is 1. The van der Waals surface area contributed by atoms with E-state index in [1.165, 1.54) is 13.1 Å². The minimum atomic E-state index is -1.95. The first-order valence-electron chi connectivity index (χ1n) is 11.9. The molecular formula is C25H34N4O4S. The van der Waals surface area contributed by atoms with Gasteiger partial charge in [-0.2, -0.15) is 0 Å². The topological polar surface area (TPSA) is 105 Å². The van der Waals surface area contributed by atoms with Crippen molar-refractivity contribution in [2.24, 2.45) is 10.7 Å². The average molecular weight is 487 g/mol. The van der Waals surface area contributed by atoms with Crippen LogP contribution in [0.2, 0.25) is 0 Å². The molecule has 0 unspecified atom stereocenters.